The molecule has 0 bridgehead atoms. The van der Waals surface area contributed by atoms with Crippen LogP contribution in [0.3, 0.4) is 0 Å². The average molecular weight is 438 g/mol. The first-order valence-electron chi connectivity index (χ1n) is 9.44. The fourth-order valence-corrected chi connectivity index (χ4v) is 4.95. The molecule has 0 radical (unpaired) electrons. The van der Waals surface area contributed by atoms with Gasteiger partial charge in [-0.25, -0.2) is 8.42 Å². The van der Waals surface area contributed by atoms with Gasteiger partial charge in [0.2, 0.25) is 15.9 Å². The Hall–Kier alpha value is -2.65. The summed E-state index contributed by atoms with van der Waals surface area (Å²) in [5.74, 6) is -1.06. The van der Waals surface area contributed by atoms with Gasteiger partial charge in [0.05, 0.1) is 11.3 Å². The molecule has 1 fully saturated rings. The van der Waals surface area contributed by atoms with E-state index in [9.17, 15) is 26.4 Å². The van der Waals surface area contributed by atoms with E-state index < -0.39 is 27.7 Å². The maximum atomic E-state index is 13.5. The third-order valence-electron chi connectivity index (χ3n) is 4.74. The molecule has 2 aromatic carbocycles. The summed E-state index contributed by atoms with van der Waals surface area (Å²) < 4.78 is 67.7. The number of piperidine rings is 1. The second-order valence-electron chi connectivity index (χ2n) is 6.87. The lowest BCUT2D eigenvalue weighted by atomic mass is 10.1. The zero-order valence-electron chi connectivity index (χ0n) is 16.0. The van der Waals surface area contributed by atoms with Gasteiger partial charge < -0.3 is 5.32 Å². The van der Waals surface area contributed by atoms with Crippen LogP contribution >= 0.6 is 0 Å². The Balaban J connectivity index is 1.91. The van der Waals surface area contributed by atoms with Crippen molar-refractivity contribution >= 4 is 27.2 Å². The molecule has 1 saturated heterocycles. The highest BCUT2D eigenvalue weighted by molar-refractivity contribution is 7.89. The fraction of sp³-hybridized carbons (Fsp3) is 0.286. The summed E-state index contributed by atoms with van der Waals surface area (Å²) in [6.07, 6.45) is -1.89. The van der Waals surface area contributed by atoms with Crippen molar-refractivity contribution < 1.29 is 26.4 Å². The van der Waals surface area contributed by atoms with Crippen molar-refractivity contribution in [2.24, 2.45) is 0 Å². The molecular formula is C21H21F3N2O3S. The third kappa shape index (κ3) is 5.09. The number of anilines is 1. The number of allylic oxidation sites excluding steroid dienone is 1. The molecule has 3 rings (SSSR count). The van der Waals surface area contributed by atoms with Gasteiger partial charge in [-0.05, 0) is 30.5 Å². The van der Waals surface area contributed by atoms with Crippen LogP contribution in [0.4, 0.5) is 18.9 Å². The summed E-state index contributed by atoms with van der Waals surface area (Å²) >= 11 is 0. The van der Waals surface area contributed by atoms with Crippen molar-refractivity contribution in [1.29, 1.82) is 0 Å². The highest BCUT2D eigenvalue weighted by Crippen LogP contribution is 2.34. The predicted octanol–water partition coefficient (Wildman–Crippen LogP) is 4.45. The van der Waals surface area contributed by atoms with Gasteiger partial charge in [0.25, 0.3) is 0 Å². The van der Waals surface area contributed by atoms with E-state index in [2.05, 4.69) is 5.32 Å². The Bertz CT molecular complexity index is 1030. The number of hydrogen-bond donors (Lipinski definition) is 1. The molecule has 1 aliphatic rings. The van der Waals surface area contributed by atoms with Crippen LogP contribution in [-0.4, -0.2) is 37.9 Å². The molecule has 0 spiro atoms. The molecule has 0 aromatic heterocycles. The molecule has 30 heavy (non-hydrogen) atoms. The number of rotatable bonds is 5. The van der Waals surface area contributed by atoms with Crippen molar-refractivity contribution in [3.05, 3.63) is 66.2 Å². The van der Waals surface area contributed by atoms with Gasteiger partial charge in [0.15, 0.2) is 0 Å². The molecule has 0 saturated carbocycles. The van der Waals surface area contributed by atoms with Gasteiger partial charge in [0, 0.05) is 19.2 Å². The zero-order valence-corrected chi connectivity index (χ0v) is 16.8. The topological polar surface area (TPSA) is 66.5 Å². The number of amides is 1. The second-order valence-corrected chi connectivity index (χ2v) is 8.78. The number of carbonyl (C=O) groups is 1. The smallest absolute Gasteiger partial charge is 0.321 e. The minimum atomic E-state index is -4.75. The molecule has 2 aromatic rings. The molecule has 1 amide bonds. The molecule has 0 unspecified atom stereocenters. The van der Waals surface area contributed by atoms with Crippen LogP contribution in [0.25, 0.3) is 5.57 Å². The number of nitrogens with one attached hydrogen (secondary N) is 1. The lowest BCUT2D eigenvalue weighted by Gasteiger charge is -2.26. The van der Waals surface area contributed by atoms with Gasteiger partial charge in [-0.15, -0.1) is 0 Å². The number of sulfonamides is 1. The number of halogens is 3. The first-order valence-corrected chi connectivity index (χ1v) is 10.9. The van der Waals surface area contributed by atoms with E-state index in [1.165, 1.54) is 52.8 Å². The lowest BCUT2D eigenvalue weighted by molar-refractivity contribution is -0.112. The van der Waals surface area contributed by atoms with Crippen LogP contribution in [0, 0.1) is 0 Å². The average Bonchev–Trinajstić information content (AvgIpc) is 2.73. The fourth-order valence-electron chi connectivity index (χ4n) is 3.29. The summed E-state index contributed by atoms with van der Waals surface area (Å²) in [4.78, 5) is 12.3. The van der Waals surface area contributed by atoms with Crippen LogP contribution < -0.4 is 5.32 Å². The molecule has 5 nitrogen and oxygen atoms in total. The van der Waals surface area contributed by atoms with Crippen molar-refractivity contribution in [2.75, 3.05) is 18.4 Å². The molecule has 1 N–H and O–H groups in total. The molecule has 0 atom stereocenters. The molecule has 0 aliphatic carbocycles. The standard InChI is InChI=1S/C21H21F3N2O3S/c22-21(23,24)17(16-9-3-1-4-10-16)15-20(27)25-18-11-5-6-12-19(18)30(28,29)26-13-7-2-8-14-26/h1,3-6,9-12,15H,2,7-8,13-14H2,(H,25,27)/b17-15+. The summed E-state index contributed by atoms with van der Waals surface area (Å²) in [7, 11) is -3.87. The summed E-state index contributed by atoms with van der Waals surface area (Å²) in [6, 6.07) is 12.7. The van der Waals surface area contributed by atoms with E-state index in [4.69, 9.17) is 0 Å². The normalized spacial score (nSPS) is 16.3. The van der Waals surface area contributed by atoms with Crippen molar-refractivity contribution in [3.8, 4) is 0 Å². The van der Waals surface area contributed by atoms with Gasteiger partial charge in [-0.1, -0.05) is 48.9 Å². The Morgan fingerprint density at radius 3 is 2.17 bits per heavy atom. The summed E-state index contributed by atoms with van der Waals surface area (Å²) in [6.45, 7) is 0.744. The lowest BCUT2D eigenvalue weighted by Crippen LogP contribution is -2.36. The molecular weight excluding hydrogens is 417 g/mol. The van der Waals surface area contributed by atoms with E-state index in [0.717, 1.165) is 19.3 Å². The Morgan fingerprint density at radius 2 is 1.53 bits per heavy atom. The Labute approximate surface area is 173 Å². The maximum Gasteiger partial charge on any atom is 0.417 e. The first-order chi connectivity index (χ1) is 14.2. The van der Waals surface area contributed by atoms with Gasteiger partial charge in [0.1, 0.15) is 4.90 Å². The molecule has 160 valence electrons. The number of nitrogens with zero attached hydrogens (tertiary/aromatic N) is 1. The SMILES string of the molecule is O=C(/C=C(\c1ccccc1)C(F)(F)F)Nc1ccccc1S(=O)(=O)N1CCCCC1. The molecule has 1 heterocycles. The van der Waals surface area contributed by atoms with E-state index in [1.807, 2.05) is 0 Å². The van der Waals surface area contributed by atoms with Crippen LogP contribution in [0.2, 0.25) is 0 Å². The number of hydrogen-bond acceptors (Lipinski definition) is 3. The number of benzene rings is 2. The largest absolute Gasteiger partial charge is 0.417 e. The zero-order chi connectivity index (χ0) is 21.8. The van der Waals surface area contributed by atoms with Crippen LogP contribution in [0.5, 0.6) is 0 Å². The van der Waals surface area contributed by atoms with Gasteiger partial charge in [-0.2, -0.15) is 17.5 Å². The van der Waals surface area contributed by atoms with Crippen molar-refractivity contribution in [3.63, 3.8) is 0 Å². The summed E-state index contributed by atoms with van der Waals surface area (Å²) in [5, 5.41) is 2.31. The molecule has 9 heteroatoms. The first kappa shape index (κ1) is 22.0. The minimum absolute atomic E-state index is 0.0566. The van der Waals surface area contributed by atoms with Crippen molar-refractivity contribution in [2.45, 2.75) is 30.3 Å². The second kappa shape index (κ2) is 9.01. The predicted molar refractivity (Wildman–Crippen MR) is 108 cm³/mol. The van der Waals surface area contributed by atoms with Crippen LogP contribution in [0.15, 0.2) is 65.6 Å². The third-order valence-corrected chi connectivity index (χ3v) is 6.70. The highest BCUT2D eigenvalue weighted by atomic mass is 32.2. The van der Waals surface area contributed by atoms with Crippen molar-refractivity contribution in [1.82, 2.24) is 4.31 Å². The number of para-hydroxylation sites is 1. The minimum Gasteiger partial charge on any atom is -0.321 e. The van der Waals surface area contributed by atoms with Gasteiger partial charge >= 0.3 is 6.18 Å². The Kier molecular flexibility index (Phi) is 6.62. The number of alkyl halides is 3. The van der Waals surface area contributed by atoms with Gasteiger partial charge in [-0.3, -0.25) is 4.79 Å². The van der Waals surface area contributed by atoms with Crippen LogP contribution in [0.1, 0.15) is 24.8 Å². The Morgan fingerprint density at radius 1 is 0.933 bits per heavy atom. The van der Waals surface area contributed by atoms with E-state index >= 15 is 0 Å². The quantitative estimate of drug-likeness (QED) is 0.702. The monoisotopic (exact) mass is 438 g/mol. The van der Waals surface area contributed by atoms with E-state index in [1.54, 1.807) is 6.07 Å². The molecule has 1 aliphatic heterocycles. The summed E-state index contributed by atoms with van der Waals surface area (Å²) in [5.41, 5.74) is -1.33. The van der Waals surface area contributed by atoms with E-state index in [-0.39, 0.29) is 16.1 Å². The number of carbonyl (C=O) groups excluding carboxylic acids is 1. The maximum absolute atomic E-state index is 13.5. The highest BCUT2D eigenvalue weighted by Gasteiger charge is 2.35. The van der Waals surface area contributed by atoms with Crippen LogP contribution in [-0.2, 0) is 14.8 Å². The van der Waals surface area contributed by atoms with E-state index in [0.29, 0.717) is 19.2 Å².